The van der Waals surface area contributed by atoms with Gasteiger partial charge in [-0.15, -0.1) is 0 Å². The lowest BCUT2D eigenvalue weighted by molar-refractivity contribution is -0.265. The lowest BCUT2D eigenvalue weighted by Crippen LogP contribution is -2.60. The third kappa shape index (κ3) is 16.8. The summed E-state index contributed by atoms with van der Waals surface area (Å²) in [6.07, 6.45) is 11.3. The third-order valence-corrected chi connectivity index (χ3v) is 16.9. The third-order valence-electron chi connectivity index (χ3n) is 16.9. The van der Waals surface area contributed by atoms with Gasteiger partial charge in [0.2, 0.25) is 5.79 Å². The summed E-state index contributed by atoms with van der Waals surface area (Å²) < 4.78 is 24.0. The fourth-order valence-electron chi connectivity index (χ4n) is 10.8. The number of piperidine rings is 1. The number of ketones is 3. The minimum atomic E-state index is -2.47. The highest BCUT2D eigenvalue weighted by Crippen LogP contribution is 2.39. The minimum Gasteiger partial charge on any atom is -0.462 e. The molecular formula is C58H93NO15. The molecule has 2 saturated heterocycles. The van der Waals surface area contributed by atoms with E-state index in [4.69, 9.17) is 24.1 Å². The highest BCUT2D eigenvalue weighted by molar-refractivity contribution is 6.39. The number of Topliss-reactive ketones (excluding diaryl/α,β-unsaturated/α-hetero) is 3. The fraction of sp³-hybridized carbons (Fsp3) is 0.759. The second-order valence-corrected chi connectivity index (χ2v) is 22.2. The number of carbonyl (C=O) groups is 6. The summed E-state index contributed by atoms with van der Waals surface area (Å²) in [7, 11) is 2.38. The lowest BCUT2D eigenvalue weighted by atomic mass is 9.79. The number of cyclic esters (lactones) is 1. The number of hydrogen-bond donors (Lipinski definition) is 5. The molecule has 4 aliphatic rings. The predicted molar refractivity (Wildman–Crippen MR) is 281 cm³/mol. The van der Waals surface area contributed by atoms with Gasteiger partial charge in [0.05, 0.1) is 18.1 Å². The van der Waals surface area contributed by atoms with Crippen LogP contribution in [0, 0.1) is 46.8 Å². The minimum absolute atomic E-state index is 0.00978. The number of ether oxygens (including phenoxy) is 4. The van der Waals surface area contributed by atoms with Crippen LogP contribution in [0.5, 0.6) is 0 Å². The SMILES string of the molecule is CCC(C)(CO)C(=O)OC1CCC(CC(C)C2CC(=O)[C@H](C)/C(C)=C(\C)[C@@H](O)[C@@H](OC)C(=O)C(C)C[C@H](C)/C=C/C=C/C=C(\C)[C@@H](CO)CC3CC[C@@H](C)[C@@](O)(O3)C(=O)C(=O)N3CCCCC3C(=O)O2)CC1.CO. The van der Waals surface area contributed by atoms with Crippen LogP contribution in [0.2, 0.25) is 0 Å². The Bertz CT molecular complexity index is 2000. The Kier molecular flexibility index (Phi) is 26.2. The molecule has 3 fully saturated rings. The summed E-state index contributed by atoms with van der Waals surface area (Å²) in [5, 5.41) is 51.0. The normalized spacial score (nSPS) is 36.9. The molecule has 0 aromatic carbocycles. The number of allylic oxidation sites excluding steroid dienone is 6. The van der Waals surface area contributed by atoms with Crippen molar-refractivity contribution in [2.24, 2.45) is 46.8 Å². The van der Waals surface area contributed by atoms with Gasteiger partial charge in [0, 0.05) is 57.5 Å². The zero-order valence-corrected chi connectivity index (χ0v) is 46.7. The van der Waals surface area contributed by atoms with Crippen molar-refractivity contribution in [1.82, 2.24) is 4.90 Å². The first-order valence-corrected chi connectivity index (χ1v) is 27.3. The Labute approximate surface area is 441 Å². The van der Waals surface area contributed by atoms with Crippen molar-refractivity contribution < 1.29 is 73.2 Å². The molecule has 420 valence electrons. The maximum atomic E-state index is 14.5. The maximum absolute atomic E-state index is 14.5. The second kappa shape index (κ2) is 30.1. The van der Waals surface area contributed by atoms with Gasteiger partial charge < -0.3 is 49.4 Å². The molecule has 13 atom stereocenters. The van der Waals surface area contributed by atoms with Crippen LogP contribution in [0.25, 0.3) is 0 Å². The molecule has 74 heavy (non-hydrogen) atoms. The number of carbonyl (C=O) groups excluding carboxylic acids is 6. The lowest BCUT2D eigenvalue weighted by Gasteiger charge is -2.42. The average molecular weight is 1040 g/mol. The molecule has 6 unspecified atom stereocenters. The summed E-state index contributed by atoms with van der Waals surface area (Å²) in [5.41, 5.74) is 0.831. The number of fused-ring (bicyclic) bond motifs is 3. The molecule has 0 aromatic rings. The summed E-state index contributed by atoms with van der Waals surface area (Å²) in [6.45, 7) is 17.4. The van der Waals surface area contributed by atoms with Gasteiger partial charge in [-0.25, -0.2) is 4.79 Å². The van der Waals surface area contributed by atoms with Crippen LogP contribution >= 0.6 is 0 Å². The van der Waals surface area contributed by atoms with Crippen LogP contribution in [0.4, 0.5) is 0 Å². The highest BCUT2D eigenvalue weighted by atomic mass is 16.6. The Morgan fingerprint density at radius 1 is 0.905 bits per heavy atom. The smallest absolute Gasteiger partial charge is 0.329 e. The first-order valence-electron chi connectivity index (χ1n) is 27.3. The van der Waals surface area contributed by atoms with Gasteiger partial charge in [0.25, 0.3) is 11.7 Å². The molecule has 1 saturated carbocycles. The first-order chi connectivity index (χ1) is 35.0. The quantitative estimate of drug-likeness (QED) is 0.0878. The van der Waals surface area contributed by atoms with Crippen LogP contribution in [-0.4, -0.2) is 142 Å². The van der Waals surface area contributed by atoms with Gasteiger partial charge in [-0.2, -0.15) is 0 Å². The molecule has 4 rings (SSSR count). The number of amides is 1. The molecule has 1 aliphatic carbocycles. The molecule has 2 bridgehead atoms. The number of nitrogens with zero attached hydrogens (tertiary/aromatic N) is 1. The van der Waals surface area contributed by atoms with E-state index >= 15 is 0 Å². The van der Waals surface area contributed by atoms with E-state index in [9.17, 15) is 49.2 Å². The molecule has 1 amide bonds. The summed E-state index contributed by atoms with van der Waals surface area (Å²) >= 11 is 0. The Hall–Kier alpha value is -3.90. The number of esters is 2. The van der Waals surface area contributed by atoms with Gasteiger partial charge in [0.1, 0.15) is 36.2 Å². The van der Waals surface area contributed by atoms with Gasteiger partial charge in [-0.1, -0.05) is 83.1 Å². The molecule has 0 spiro atoms. The Morgan fingerprint density at radius 2 is 1.57 bits per heavy atom. The topological polar surface area (TPSA) is 244 Å². The van der Waals surface area contributed by atoms with Crippen molar-refractivity contribution >= 4 is 35.2 Å². The number of aliphatic hydroxyl groups is 5. The maximum Gasteiger partial charge on any atom is 0.329 e. The number of methoxy groups -OCH3 is 1. The van der Waals surface area contributed by atoms with E-state index in [1.165, 1.54) is 12.0 Å². The number of aliphatic hydroxyl groups excluding tert-OH is 4. The molecule has 3 heterocycles. The zero-order valence-electron chi connectivity index (χ0n) is 46.7. The number of rotatable bonds is 9. The second-order valence-electron chi connectivity index (χ2n) is 22.2. The van der Waals surface area contributed by atoms with E-state index in [1.807, 2.05) is 58.1 Å². The molecule has 5 N–H and O–H groups in total. The molecule has 3 aliphatic heterocycles. The van der Waals surface area contributed by atoms with E-state index in [0.29, 0.717) is 81.8 Å². The Balaban J connectivity index is 0.00000713. The van der Waals surface area contributed by atoms with Crippen LogP contribution in [0.3, 0.4) is 0 Å². The predicted octanol–water partition coefficient (Wildman–Crippen LogP) is 7.11. The molecule has 0 aromatic heterocycles. The first kappa shape index (κ1) is 64.4. The fourth-order valence-corrected chi connectivity index (χ4v) is 10.8. The average Bonchev–Trinajstić information content (AvgIpc) is 3.40. The van der Waals surface area contributed by atoms with Crippen molar-refractivity contribution in [2.75, 3.05) is 34.0 Å². The summed E-state index contributed by atoms with van der Waals surface area (Å²) in [6, 6.07) is -1.17. The van der Waals surface area contributed by atoms with Gasteiger partial charge >= 0.3 is 11.9 Å². The van der Waals surface area contributed by atoms with Crippen LogP contribution in [-0.2, 0) is 47.7 Å². The van der Waals surface area contributed by atoms with Crippen molar-refractivity contribution in [3.05, 3.63) is 47.1 Å². The summed E-state index contributed by atoms with van der Waals surface area (Å²) in [5.74, 6) is -8.99. The molecule has 0 radical (unpaired) electrons. The van der Waals surface area contributed by atoms with E-state index in [0.717, 1.165) is 12.7 Å². The van der Waals surface area contributed by atoms with Gasteiger partial charge in [0.15, 0.2) is 5.78 Å². The van der Waals surface area contributed by atoms with Gasteiger partial charge in [-0.05, 0) is 134 Å². The largest absolute Gasteiger partial charge is 0.462 e. The zero-order chi connectivity index (χ0) is 55.7. The highest BCUT2D eigenvalue weighted by Gasteiger charge is 2.53. The Morgan fingerprint density at radius 3 is 2.18 bits per heavy atom. The van der Waals surface area contributed by atoms with Crippen LogP contribution in [0.1, 0.15) is 159 Å². The van der Waals surface area contributed by atoms with E-state index < -0.39 is 83.0 Å². The van der Waals surface area contributed by atoms with Crippen molar-refractivity contribution in [2.45, 2.75) is 201 Å². The standard InChI is InChI=1S/C57H89NO14.CH4O/c1-12-56(10,33-60)55(67)70-44-25-22-42(23-26-44)29-36(4)48-31-47(61)40(8)39(7)41(9)50(63)51(69-11)49(62)37(5)28-34(2)18-14-13-15-19-35(3)43(32-59)30-45-24-21-38(6)57(68,72-45)52(64)53(65)58-27-17-16-20-46(58)54(66)71-48;1-2/h13-15,18-19,34,36-38,40,42-46,48,50-51,59-60,63,68H,12,16-17,20-33H2,1-11H3;2H,1H3/b15-13+,18-14+,35-19+,41-39+;/t34-,36?,37?,38-,40-,42?,43-,44?,45?,46?,48?,50-,51+,56?,57-;/m1./s1. The van der Waals surface area contributed by atoms with E-state index in [-0.39, 0.29) is 80.4 Å². The summed E-state index contributed by atoms with van der Waals surface area (Å²) in [4.78, 5) is 85.6. The molecular weight excluding hydrogens is 951 g/mol. The van der Waals surface area contributed by atoms with Crippen LogP contribution in [0.15, 0.2) is 47.1 Å². The number of hydrogen-bond acceptors (Lipinski definition) is 15. The molecule has 16 heteroatoms. The van der Waals surface area contributed by atoms with E-state index in [2.05, 4.69) is 0 Å². The van der Waals surface area contributed by atoms with Crippen LogP contribution < -0.4 is 0 Å². The van der Waals surface area contributed by atoms with Crippen molar-refractivity contribution in [3.63, 3.8) is 0 Å². The monoisotopic (exact) mass is 1040 g/mol. The van der Waals surface area contributed by atoms with E-state index in [1.54, 1.807) is 41.5 Å². The van der Waals surface area contributed by atoms with Crippen molar-refractivity contribution in [3.8, 4) is 0 Å². The van der Waals surface area contributed by atoms with Crippen molar-refractivity contribution in [1.29, 1.82) is 0 Å². The molecule has 16 nitrogen and oxygen atoms in total. The van der Waals surface area contributed by atoms with Gasteiger partial charge in [-0.3, -0.25) is 24.0 Å².